The standard InChI is InChI=1S/C26H22N4O/c1-19(31)30-25(17-24(27-30)20-11-5-2-6-12-20)23-18-29(22-15-9-4-10-16-22)28-26(23)21-13-7-3-8-14-21/h2-16,18,25H,17H2,1H3/t25-/m1/s1. The van der Waals surface area contributed by atoms with E-state index in [1.54, 1.807) is 11.9 Å². The molecule has 0 bridgehead atoms. The fraction of sp³-hybridized carbons (Fsp3) is 0.115. The van der Waals surface area contributed by atoms with Gasteiger partial charge in [0.05, 0.1) is 23.1 Å². The molecule has 0 radical (unpaired) electrons. The zero-order valence-corrected chi connectivity index (χ0v) is 17.2. The van der Waals surface area contributed by atoms with Crippen LogP contribution >= 0.6 is 0 Å². The van der Waals surface area contributed by atoms with Crippen molar-refractivity contribution in [1.82, 2.24) is 14.8 Å². The summed E-state index contributed by atoms with van der Waals surface area (Å²) >= 11 is 0. The summed E-state index contributed by atoms with van der Waals surface area (Å²) in [5, 5.41) is 11.2. The van der Waals surface area contributed by atoms with Gasteiger partial charge in [-0.15, -0.1) is 0 Å². The molecule has 152 valence electrons. The van der Waals surface area contributed by atoms with Crippen molar-refractivity contribution in [2.45, 2.75) is 19.4 Å². The van der Waals surface area contributed by atoms with Crippen LogP contribution in [0.15, 0.2) is 102 Å². The number of hydrogen-bond acceptors (Lipinski definition) is 3. The van der Waals surface area contributed by atoms with E-state index in [0.717, 1.165) is 33.8 Å². The first-order chi connectivity index (χ1) is 15.2. The Morgan fingerprint density at radius 2 is 1.42 bits per heavy atom. The predicted octanol–water partition coefficient (Wildman–Crippen LogP) is 5.24. The van der Waals surface area contributed by atoms with Crippen LogP contribution in [-0.2, 0) is 4.79 Å². The molecule has 1 aliphatic heterocycles. The van der Waals surface area contributed by atoms with Gasteiger partial charge in [-0.3, -0.25) is 4.79 Å². The van der Waals surface area contributed by atoms with Gasteiger partial charge in [0.15, 0.2) is 0 Å². The van der Waals surface area contributed by atoms with Crippen molar-refractivity contribution in [1.29, 1.82) is 0 Å². The molecule has 0 aliphatic carbocycles. The molecule has 1 atom stereocenters. The van der Waals surface area contributed by atoms with Crippen molar-refractivity contribution in [2.75, 3.05) is 0 Å². The molecule has 5 rings (SSSR count). The lowest BCUT2D eigenvalue weighted by molar-refractivity contribution is -0.130. The molecule has 1 aliphatic rings. The lowest BCUT2D eigenvalue weighted by atomic mass is 9.96. The summed E-state index contributed by atoms with van der Waals surface area (Å²) < 4.78 is 1.89. The van der Waals surface area contributed by atoms with E-state index in [4.69, 9.17) is 10.2 Å². The predicted molar refractivity (Wildman–Crippen MR) is 122 cm³/mol. The Hall–Kier alpha value is -3.99. The SMILES string of the molecule is CC(=O)N1N=C(c2ccccc2)C[C@@H]1c1cn(-c2ccccc2)nc1-c1ccccc1. The molecule has 0 unspecified atom stereocenters. The maximum absolute atomic E-state index is 12.5. The summed E-state index contributed by atoms with van der Waals surface area (Å²) in [5.74, 6) is -0.0811. The maximum atomic E-state index is 12.5. The first-order valence-electron chi connectivity index (χ1n) is 10.3. The zero-order chi connectivity index (χ0) is 21.2. The monoisotopic (exact) mass is 406 g/mol. The molecule has 0 saturated heterocycles. The highest BCUT2D eigenvalue weighted by Gasteiger charge is 2.34. The summed E-state index contributed by atoms with van der Waals surface area (Å²) in [6.45, 7) is 1.56. The average Bonchev–Trinajstić information content (AvgIpc) is 3.46. The molecule has 0 fully saturated rings. The number of para-hydroxylation sites is 1. The third-order valence-electron chi connectivity index (χ3n) is 5.51. The van der Waals surface area contributed by atoms with Crippen LogP contribution in [0.3, 0.4) is 0 Å². The van der Waals surface area contributed by atoms with E-state index in [0.29, 0.717) is 6.42 Å². The van der Waals surface area contributed by atoms with Gasteiger partial charge in [-0.2, -0.15) is 10.2 Å². The molecule has 0 spiro atoms. The molecule has 0 saturated carbocycles. The third-order valence-corrected chi connectivity index (χ3v) is 5.51. The van der Waals surface area contributed by atoms with Crippen LogP contribution in [0, 0.1) is 0 Å². The molecule has 1 aromatic heterocycles. The number of rotatable bonds is 4. The molecule has 4 aromatic rings. The number of carbonyl (C=O) groups excluding carboxylic acids is 1. The van der Waals surface area contributed by atoms with E-state index in [-0.39, 0.29) is 11.9 Å². The van der Waals surface area contributed by atoms with Gasteiger partial charge in [0.2, 0.25) is 5.91 Å². The number of amides is 1. The molecular weight excluding hydrogens is 384 g/mol. The first kappa shape index (κ1) is 19.0. The summed E-state index contributed by atoms with van der Waals surface area (Å²) in [7, 11) is 0. The highest BCUT2D eigenvalue weighted by molar-refractivity contribution is 6.03. The van der Waals surface area contributed by atoms with Crippen LogP contribution in [-0.4, -0.2) is 26.4 Å². The van der Waals surface area contributed by atoms with Gasteiger partial charge in [0.1, 0.15) is 0 Å². The minimum Gasteiger partial charge on any atom is -0.273 e. The fourth-order valence-electron chi connectivity index (χ4n) is 4.01. The number of hydrazone groups is 1. The van der Waals surface area contributed by atoms with Crippen LogP contribution in [0.25, 0.3) is 16.9 Å². The number of aromatic nitrogens is 2. The number of benzene rings is 3. The largest absolute Gasteiger partial charge is 0.273 e. The fourth-order valence-corrected chi connectivity index (χ4v) is 4.01. The average molecular weight is 406 g/mol. The van der Waals surface area contributed by atoms with Crippen molar-refractivity contribution >= 4 is 11.6 Å². The van der Waals surface area contributed by atoms with E-state index in [1.165, 1.54) is 0 Å². The van der Waals surface area contributed by atoms with Crippen LogP contribution in [0.4, 0.5) is 0 Å². The first-order valence-corrected chi connectivity index (χ1v) is 10.3. The van der Waals surface area contributed by atoms with E-state index in [2.05, 4.69) is 0 Å². The Balaban J connectivity index is 1.62. The third kappa shape index (κ3) is 3.66. The van der Waals surface area contributed by atoms with Crippen LogP contribution in [0.5, 0.6) is 0 Å². The second kappa shape index (κ2) is 8.03. The Bertz CT molecular complexity index is 1230. The van der Waals surface area contributed by atoms with Crippen molar-refractivity contribution in [3.8, 4) is 16.9 Å². The van der Waals surface area contributed by atoms with Crippen LogP contribution in [0.2, 0.25) is 0 Å². The lowest BCUT2D eigenvalue weighted by Crippen LogP contribution is -2.24. The van der Waals surface area contributed by atoms with Crippen molar-refractivity contribution in [2.24, 2.45) is 5.10 Å². The van der Waals surface area contributed by atoms with Gasteiger partial charge in [-0.1, -0.05) is 78.9 Å². The van der Waals surface area contributed by atoms with Gasteiger partial charge < -0.3 is 0 Å². The Morgan fingerprint density at radius 3 is 2.03 bits per heavy atom. The highest BCUT2D eigenvalue weighted by atomic mass is 16.2. The normalized spacial score (nSPS) is 15.7. The summed E-state index contributed by atoms with van der Waals surface area (Å²) in [5.41, 5.74) is 5.79. The van der Waals surface area contributed by atoms with Crippen LogP contribution in [0.1, 0.15) is 30.5 Å². The second-order valence-electron chi connectivity index (χ2n) is 7.58. The van der Waals surface area contributed by atoms with Gasteiger partial charge in [-0.25, -0.2) is 9.69 Å². The highest BCUT2D eigenvalue weighted by Crippen LogP contribution is 2.38. The van der Waals surface area contributed by atoms with Crippen molar-refractivity contribution in [3.05, 3.63) is 108 Å². The Kier molecular flexibility index (Phi) is 4.92. The van der Waals surface area contributed by atoms with Gasteiger partial charge in [0, 0.05) is 30.7 Å². The summed E-state index contributed by atoms with van der Waals surface area (Å²) in [6, 6.07) is 29.9. The lowest BCUT2D eigenvalue weighted by Gasteiger charge is -2.20. The molecule has 2 heterocycles. The smallest absolute Gasteiger partial charge is 0.240 e. The van der Waals surface area contributed by atoms with Gasteiger partial charge in [0.25, 0.3) is 0 Å². The Morgan fingerprint density at radius 1 is 0.839 bits per heavy atom. The van der Waals surface area contributed by atoms with Crippen molar-refractivity contribution in [3.63, 3.8) is 0 Å². The minimum absolute atomic E-state index is 0.0811. The van der Waals surface area contributed by atoms with Crippen molar-refractivity contribution < 1.29 is 4.79 Å². The molecule has 1 amide bonds. The van der Waals surface area contributed by atoms with Gasteiger partial charge in [-0.05, 0) is 17.7 Å². The van der Waals surface area contributed by atoms with Gasteiger partial charge >= 0.3 is 0 Å². The van der Waals surface area contributed by atoms with E-state index < -0.39 is 0 Å². The second-order valence-corrected chi connectivity index (χ2v) is 7.58. The summed E-state index contributed by atoms with van der Waals surface area (Å²) in [4.78, 5) is 12.5. The molecule has 3 aromatic carbocycles. The minimum atomic E-state index is -0.208. The number of nitrogens with zero attached hydrogens (tertiary/aromatic N) is 4. The number of hydrogen-bond donors (Lipinski definition) is 0. The van der Waals surface area contributed by atoms with Crippen LogP contribution < -0.4 is 0 Å². The Labute approximate surface area is 181 Å². The van der Waals surface area contributed by atoms with E-state index in [1.807, 2.05) is 102 Å². The maximum Gasteiger partial charge on any atom is 0.240 e. The quantitative estimate of drug-likeness (QED) is 0.466. The topological polar surface area (TPSA) is 50.5 Å². The molecule has 31 heavy (non-hydrogen) atoms. The summed E-state index contributed by atoms with van der Waals surface area (Å²) in [6.07, 6.45) is 2.67. The number of carbonyl (C=O) groups is 1. The molecule has 5 nitrogen and oxygen atoms in total. The van der Waals surface area contributed by atoms with E-state index >= 15 is 0 Å². The molecular formula is C26H22N4O. The van der Waals surface area contributed by atoms with E-state index in [9.17, 15) is 4.79 Å². The molecule has 0 N–H and O–H groups in total. The zero-order valence-electron chi connectivity index (χ0n) is 17.2. The molecule has 5 heteroatoms.